The molecule has 1 aromatic carbocycles. The van der Waals surface area contributed by atoms with Crippen LogP contribution in [0.2, 0.25) is 0 Å². The molecule has 0 amide bonds. The van der Waals surface area contributed by atoms with Gasteiger partial charge in [-0.2, -0.15) is 0 Å². The minimum Gasteiger partial charge on any atom is -0.497 e. The van der Waals surface area contributed by atoms with Crippen LogP contribution in [0.4, 0.5) is 0 Å². The van der Waals surface area contributed by atoms with Gasteiger partial charge in [0.15, 0.2) is 0 Å². The zero-order valence-corrected chi connectivity index (χ0v) is 11.7. The van der Waals surface area contributed by atoms with E-state index >= 15 is 0 Å². The number of rotatable bonds is 4. The molecule has 1 aromatic heterocycles. The van der Waals surface area contributed by atoms with Gasteiger partial charge in [-0.1, -0.05) is 5.21 Å². The van der Waals surface area contributed by atoms with Crippen molar-refractivity contribution in [2.75, 3.05) is 20.2 Å². The van der Waals surface area contributed by atoms with Gasteiger partial charge in [-0.25, -0.2) is 4.68 Å². The molecular weight excluding hydrogens is 252 g/mol. The fourth-order valence-corrected chi connectivity index (χ4v) is 2.65. The van der Waals surface area contributed by atoms with Crippen molar-refractivity contribution in [1.82, 2.24) is 20.3 Å². The van der Waals surface area contributed by atoms with E-state index < -0.39 is 0 Å². The predicted molar refractivity (Wildman–Crippen MR) is 77.2 cm³/mol. The molecule has 0 aliphatic carbocycles. The number of nitrogens with zero attached hydrogens (tertiary/aromatic N) is 3. The lowest BCUT2D eigenvalue weighted by molar-refractivity contribution is 0.373. The van der Waals surface area contributed by atoms with E-state index in [1.807, 2.05) is 35.1 Å². The van der Waals surface area contributed by atoms with Crippen molar-refractivity contribution in [3.8, 4) is 11.4 Å². The molecule has 1 unspecified atom stereocenters. The van der Waals surface area contributed by atoms with Gasteiger partial charge in [0, 0.05) is 0 Å². The smallest absolute Gasteiger partial charge is 0.119 e. The van der Waals surface area contributed by atoms with Crippen molar-refractivity contribution < 1.29 is 4.74 Å². The fraction of sp³-hybridized carbons (Fsp3) is 0.467. The molecule has 1 aliphatic heterocycles. The monoisotopic (exact) mass is 272 g/mol. The number of benzene rings is 1. The van der Waals surface area contributed by atoms with E-state index in [0.29, 0.717) is 5.92 Å². The second-order valence-electron chi connectivity index (χ2n) is 5.27. The Morgan fingerprint density at radius 1 is 1.35 bits per heavy atom. The summed E-state index contributed by atoms with van der Waals surface area (Å²) >= 11 is 0. The first-order valence-corrected chi connectivity index (χ1v) is 7.11. The SMILES string of the molecule is COc1ccc(-n2cc(CC3CCCNC3)nn2)cc1. The van der Waals surface area contributed by atoms with Crippen LogP contribution in [0.15, 0.2) is 30.5 Å². The third kappa shape index (κ3) is 2.99. The van der Waals surface area contributed by atoms with Gasteiger partial charge in [-0.15, -0.1) is 5.10 Å². The minimum atomic E-state index is 0.685. The second kappa shape index (κ2) is 6.05. The van der Waals surface area contributed by atoms with Gasteiger partial charge in [0.1, 0.15) is 5.75 Å². The average molecular weight is 272 g/mol. The number of nitrogens with one attached hydrogen (secondary N) is 1. The van der Waals surface area contributed by atoms with Crippen LogP contribution >= 0.6 is 0 Å². The number of hydrogen-bond donors (Lipinski definition) is 1. The minimum absolute atomic E-state index is 0.685. The fourth-order valence-electron chi connectivity index (χ4n) is 2.65. The number of methoxy groups -OCH3 is 1. The third-order valence-electron chi connectivity index (χ3n) is 3.77. The van der Waals surface area contributed by atoms with Crippen LogP contribution < -0.4 is 10.1 Å². The Hall–Kier alpha value is -1.88. The first-order valence-electron chi connectivity index (χ1n) is 7.11. The van der Waals surface area contributed by atoms with Gasteiger partial charge < -0.3 is 10.1 Å². The average Bonchev–Trinajstić information content (AvgIpc) is 2.97. The summed E-state index contributed by atoms with van der Waals surface area (Å²) in [6.07, 6.45) is 5.57. The molecule has 106 valence electrons. The van der Waals surface area contributed by atoms with Crippen LogP contribution in [-0.4, -0.2) is 35.2 Å². The molecule has 2 aromatic rings. The van der Waals surface area contributed by atoms with Crippen LogP contribution in [0.3, 0.4) is 0 Å². The van der Waals surface area contributed by atoms with Crippen LogP contribution in [0.5, 0.6) is 5.75 Å². The highest BCUT2D eigenvalue weighted by molar-refractivity contribution is 5.36. The molecule has 0 bridgehead atoms. The molecular formula is C15H20N4O. The van der Waals surface area contributed by atoms with Gasteiger partial charge in [-0.05, 0) is 62.5 Å². The topological polar surface area (TPSA) is 52.0 Å². The highest BCUT2D eigenvalue weighted by atomic mass is 16.5. The number of aromatic nitrogens is 3. The molecule has 5 nitrogen and oxygen atoms in total. The molecule has 3 rings (SSSR count). The van der Waals surface area contributed by atoms with Crippen LogP contribution in [0, 0.1) is 5.92 Å². The zero-order chi connectivity index (χ0) is 13.8. The molecule has 1 fully saturated rings. The summed E-state index contributed by atoms with van der Waals surface area (Å²) in [6, 6.07) is 7.84. The third-order valence-corrected chi connectivity index (χ3v) is 3.77. The Balaban J connectivity index is 1.68. The van der Waals surface area contributed by atoms with Crippen molar-refractivity contribution in [2.45, 2.75) is 19.3 Å². The first-order chi connectivity index (χ1) is 9.85. The van der Waals surface area contributed by atoms with E-state index in [2.05, 4.69) is 15.6 Å². The number of hydrogen-bond acceptors (Lipinski definition) is 4. The molecule has 2 heterocycles. The van der Waals surface area contributed by atoms with Gasteiger partial charge in [0.25, 0.3) is 0 Å². The quantitative estimate of drug-likeness (QED) is 0.922. The summed E-state index contributed by atoms with van der Waals surface area (Å²) < 4.78 is 6.98. The largest absolute Gasteiger partial charge is 0.497 e. The Bertz CT molecular complexity index is 543. The maximum Gasteiger partial charge on any atom is 0.119 e. The Labute approximate surface area is 118 Å². The van der Waals surface area contributed by atoms with Crippen LogP contribution in [0.25, 0.3) is 5.69 Å². The van der Waals surface area contributed by atoms with E-state index in [9.17, 15) is 0 Å². The normalized spacial score (nSPS) is 18.9. The lowest BCUT2D eigenvalue weighted by Crippen LogP contribution is -2.30. The molecule has 20 heavy (non-hydrogen) atoms. The van der Waals surface area contributed by atoms with Crippen LogP contribution in [0.1, 0.15) is 18.5 Å². The van der Waals surface area contributed by atoms with Gasteiger partial charge in [-0.3, -0.25) is 0 Å². The van der Waals surface area contributed by atoms with Gasteiger partial charge >= 0.3 is 0 Å². The predicted octanol–water partition coefficient (Wildman–Crippen LogP) is 1.82. The summed E-state index contributed by atoms with van der Waals surface area (Å²) in [7, 11) is 1.67. The summed E-state index contributed by atoms with van der Waals surface area (Å²) in [4.78, 5) is 0. The summed E-state index contributed by atoms with van der Waals surface area (Å²) in [6.45, 7) is 2.24. The first kappa shape index (κ1) is 13.1. The Morgan fingerprint density at radius 3 is 2.90 bits per heavy atom. The summed E-state index contributed by atoms with van der Waals surface area (Å²) in [5.74, 6) is 1.53. The van der Waals surface area contributed by atoms with E-state index in [-0.39, 0.29) is 0 Å². The molecule has 1 saturated heterocycles. The second-order valence-corrected chi connectivity index (χ2v) is 5.27. The van der Waals surface area contributed by atoms with Gasteiger partial charge in [0.2, 0.25) is 0 Å². The molecule has 1 N–H and O–H groups in total. The van der Waals surface area contributed by atoms with E-state index in [1.165, 1.54) is 12.8 Å². The van der Waals surface area contributed by atoms with Gasteiger partial charge in [0.05, 0.1) is 24.7 Å². The van der Waals surface area contributed by atoms with E-state index in [4.69, 9.17) is 4.74 Å². The molecule has 1 aliphatic rings. The van der Waals surface area contributed by atoms with Crippen molar-refractivity contribution in [3.63, 3.8) is 0 Å². The van der Waals surface area contributed by atoms with Crippen molar-refractivity contribution in [3.05, 3.63) is 36.2 Å². The Kier molecular flexibility index (Phi) is 3.97. The number of ether oxygens (including phenoxy) is 1. The highest BCUT2D eigenvalue weighted by Gasteiger charge is 2.15. The molecule has 0 saturated carbocycles. The zero-order valence-electron chi connectivity index (χ0n) is 11.7. The Morgan fingerprint density at radius 2 is 2.20 bits per heavy atom. The van der Waals surface area contributed by atoms with Crippen molar-refractivity contribution in [1.29, 1.82) is 0 Å². The lowest BCUT2D eigenvalue weighted by atomic mass is 9.95. The highest BCUT2D eigenvalue weighted by Crippen LogP contribution is 2.17. The maximum atomic E-state index is 5.16. The van der Waals surface area contributed by atoms with E-state index in [1.54, 1.807) is 7.11 Å². The number of piperidine rings is 1. The maximum absolute atomic E-state index is 5.16. The molecule has 1 atom stereocenters. The standard InChI is InChI=1S/C15H20N4O/c1-20-15-6-4-14(5-7-15)19-11-13(17-18-19)9-12-3-2-8-16-10-12/h4-7,11-12,16H,2-3,8-10H2,1H3. The summed E-state index contributed by atoms with van der Waals surface area (Å²) in [5.41, 5.74) is 2.07. The molecule has 5 heteroatoms. The molecule has 0 spiro atoms. The van der Waals surface area contributed by atoms with Crippen LogP contribution in [-0.2, 0) is 6.42 Å². The van der Waals surface area contributed by atoms with Crippen molar-refractivity contribution in [2.24, 2.45) is 5.92 Å². The lowest BCUT2D eigenvalue weighted by Gasteiger charge is -2.21. The molecule has 0 radical (unpaired) electrons. The van der Waals surface area contributed by atoms with Crippen molar-refractivity contribution >= 4 is 0 Å². The van der Waals surface area contributed by atoms with E-state index in [0.717, 1.165) is 36.6 Å². The summed E-state index contributed by atoms with van der Waals surface area (Å²) in [5, 5.41) is 11.9.